The average Bonchev–Trinajstić information content (AvgIpc) is 3.45. The Morgan fingerprint density at radius 2 is 2.03 bits per heavy atom. The van der Waals surface area contributed by atoms with Crippen molar-refractivity contribution >= 4 is 52.7 Å². The highest BCUT2D eigenvalue weighted by molar-refractivity contribution is 6.32. The first-order chi connectivity index (χ1) is 17.9. The van der Waals surface area contributed by atoms with Crippen molar-refractivity contribution in [3.63, 3.8) is 0 Å². The van der Waals surface area contributed by atoms with Gasteiger partial charge in [-0.1, -0.05) is 11.6 Å². The van der Waals surface area contributed by atoms with Gasteiger partial charge in [0.25, 0.3) is 5.91 Å². The molecule has 3 aromatic rings. The number of carbonyl (C=O) groups is 2. The van der Waals surface area contributed by atoms with Gasteiger partial charge in [0.05, 0.1) is 29.2 Å². The highest BCUT2D eigenvalue weighted by atomic mass is 35.5. The van der Waals surface area contributed by atoms with E-state index < -0.39 is 11.5 Å². The van der Waals surface area contributed by atoms with Gasteiger partial charge < -0.3 is 30.0 Å². The number of carbonyl (C=O) groups excluding carboxylic acids is 2. The van der Waals surface area contributed by atoms with Crippen LogP contribution in [0.15, 0.2) is 29.5 Å². The smallest absolute Gasteiger partial charge is 0.410 e. The van der Waals surface area contributed by atoms with E-state index in [-0.39, 0.29) is 28.7 Å². The maximum absolute atomic E-state index is 13.2. The Morgan fingerprint density at radius 3 is 2.71 bits per heavy atom. The lowest BCUT2D eigenvalue weighted by molar-refractivity contribution is 0.0237. The zero-order chi connectivity index (χ0) is 27.8. The van der Waals surface area contributed by atoms with Crippen LogP contribution >= 0.6 is 11.6 Å². The van der Waals surface area contributed by atoms with Gasteiger partial charge in [-0.2, -0.15) is 0 Å². The fraction of sp³-hybridized carbons (Fsp3) is 0.423. The number of imidazole rings is 1. The molecule has 0 aliphatic carbocycles. The third kappa shape index (κ3) is 5.67. The van der Waals surface area contributed by atoms with E-state index in [1.165, 1.54) is 0 Å². The van der Waals surface area contributed by atoms with Gasteiger partial charge in [-0.3, -0.25) is 9.79 Å². The number of anilines is 3. The molecule has 1 aliphatic rings. The molecule has 3 N–H and O–H groups in total. The van der Waals surface area contributed by atoms with Crippen molar-refractivity contribution in [1.29, 1.82) is 0 Å². The molecule has 1 saturated heterocycles. The number of nitrogens with zero attached hydrogens (tertiary/aromatic N) is 6. The number of hydrogen-bond donors (Lipinski definition) is 2. The number of amides is 2. The van der Waals surface area contributed by atoms with Crippen LogP contribution in [-0.4, -0.2) is 76.3 Å². The first kappa shape index (κ1) is 27.2. The lowest BCUT2D eigenvalue weighted by Crippen LogP contribution is -2.42. The van der Waals surface area contributed by atoms with E-state index in [0.29, 0.717) is 30.0 Å². The van der Waals surface area contributed by atoms with Crippen LogP contribution in [0.4, 0.5) is 22.0 Å². The number of nitrogen functional groups attached to an aromatic ring is 1. The fourth-order valence-corrected chi connectivity index (χ4v) is 4.68. The molecule has 2 amide bonds. The Kier molecular flexibility index (Phi) is 7.50. The zero-order valence-corrected chi connectivity index (χ0v) is 23.2. The standard InChI is InChI=1S/C26H33ClN8O3/c1-15-12-35-14-20(31-22(27)23(35)30-15)32-24(36)17-7-8-19(18(11-29-5)21(17)28)34-10-9-16(13-34)33(6)25(37)38-26(2,3)4/h7-8,11-12,14,16H,9-10,13,28H2,1-6H3,(H,32,36)/t16-/m1/s1. The molecule has 1 aromatic carbocycles. The summed E-state index contributed by atoms with van der Waals surface area (Å²) >= 11 is 6.26. The second-order valence-corrected chi connectivity index (χ2v) is 10.7. The number of aromatic nitrogens is 3. The van der Waals surface area contributed by atoms with Crippen LogP contribution in [0.1, 0.15) is 48.8 Å². The number of aliphatic imine (C=N–C) groups is 1. The normalized spacial score (nSPS) is 15.9. The first-order valence-corrected chi connectivity index (χ1v) is 12.6. The van der Waals surface area contributed by atoms with E-state index in [2.05, 4.69) is 25.2 Å². The van der Waals surface area contributed by atoms with Crippen LogP contribution in [0, 0.1) is 6.92 Å². The summed E-state index contributed by atoms with van der Waals surface area (Å²) in [4.78, 5) is 42.2. The molecule has 0 unspecified atom stereocenters. The molecule has 1 atom stereocenters. The van der Waals surface area contributed by atoms with Gasteiger partial charge in [0.1, 0.15) is 5.60 Å². The minimum atomic E-state index is -0.566. The Hall–Kier alpha value is -3.86. The predicted octanol–water partition coefficient (Wildman–Crippen LogP) is 4.02. The fourth-order valence-electron chi connectivity index (χ4n) is 4.45. The van der Waals surface area contributed by atoms with Gasteiger partial charge in [-0.25, -0.2) is 14.8 Å². The van der Waals surface area contributed by atoms with E-state index in [1.807, 2.05) is 33.8 Å². The second kappa shape index (κ2) is 10.5. The van der Waals surface area contributed by atoms with Gasteiger partial charge in [0, 0.05) is 50.8 Å². The van der Waals surface area contributed by atoms with Crippen LogP contribution in [-0.2, 0) is 4.74 Å². The molecule has 11 nitrogen and oxygen atoms in total. The Bertz CT molecular complexity index is 1410. The quantitative estimate of drug-likeness (QED) is 0.369. The summed E-state index contributed by atoms with van der Waals surface area (Å²) in [5.74, 6) is -0.157. The van der Waals surface area contributed by atoms with E-state index in [0.717, 1.165) is 17.8 Å². The number of benzene rings is 1. The van der Waals surface area contributed by atoms with Crippen LogP contribution in [0.3, 0.4) is 0 Å². The minimum Gasteiger partial charge on any atom is -0.444 e. The van der Waals surface area contributed by atoms with Gasteiger partial charge in [-0.15, -0.1) is 0 Å². The highest BCUT2D eigenvalue weighted by Crippen LogP contribution is 2.32. The molecular weight excluding hydrogens is 508 g/mol. The lowest BCUT2D eigenvalue weighted by Gasteiger charge is -2.29. The Balaban J connectivity index is 1.55. The van der Waals surface area contributed by atoms with E-state index in [4.69, 9.17) is 22.1 Å². The number of aryl methyl sites for hydroxylation is 1. The van der Waals surface area contributed by atoms with Gasteiger partial charge in [0.15, 0.2) is 16.6 Å². The highest BCUT2D eigenvalue weighted by Gasteiger charge is 2.32. The van der Waals surface area contributed by atoms with Crippen LogP contribution < -0.4 is 16.0 Å². The Labute approximate surface area is 226 Å². The number of nitrogens with two attached hydrogens (primary N) is 1. The maximum Gasteiger partial charge on any atom is 0.410 e. The number of hydrogen-bond acceptors (Lipinski definition) is 8. The van der Waals surface area contributed by atoms with Crippen molar-refractivity contribution in [3.05, 3.63) is 46.5 Å². The summed E-state index contributed by atoms with van der Waals surface area (Å²) in [6.45, 7) is 8.69. The summed E-state index contributed by atoms with van der Waals surface area (Å²) in [6.07, 6.45) is 5.49. The molecule has 1 aliphatic heterocycles. The van der Waals surface area contributed by atoms with E-state index in [9.17, 15) is 9.59 Å². The Morgan fingerprint density at radius 1 is 1.29 bits per heavy atom. The number of nitrogens with one attached hydrogen (secondary N) is 1. The topological polar surface area (TPSA) is 130 Å². The summed E-state index contributed by atoms with van der Waals surface area (Å²) in [5.41, 5.74) is 9.27. The van der Waals surface area contributed by atoms with Crippen molar-refractivity contribution < 1.29 is 14.3 Å². The van der Waals surface area contributed by atoms with Crippen molar-refractivity contribution in [1.82, 2.24) is 19.3 Å². The van der Waals surface area contributed by atoms with Gasteiger partial charge >= 0.3 is 6.09 Å². The number of fused-ring (bicyclic) bond motifs is 1. The molecule has 0 spiro atoms. The maximum atomic E-state index is 13.2. The number of halogens is 1. The summed E-state index contributed by atoms with van der Waals surface area (Å²) in [7, 11) is 3.40. The van der Waals surface area contributed by atoms with E-state index >= 15 is 0 Å². The molecule has 12 heteroatoms. The zero-order valence-electron chi connectivity index (χ0n) is 22.4. The molecule has 1 fully saturated rings. The van der Waals surface area contributed by atoms with Crippen molar-refractivity contribution in [3.8, 4) is 0 Å². The SMILES string of the molecule is CN=Cc1c(N2CC[C@@H](N(C)C(=O)OC(C)(C)C)C2)ccc(C(=O)Nc2cn3cc(C)nc3c(Cl)n2)c1N. The predicted molar refractivity (Wildman–Crippen MR) is 150 cm³/mol. The number of ether oxygens (including phenoxy) is 1. The average molecular weight is 541 g/mol. The largest absolute Gasteiger partial charge is 0.444 e. The molecule has 38 heavy (non-hydrogen) atoms. The monoisotopic (exact) mass is 540 g/mol. The van der Waals surface area contributed by atoms with Crippen molar-refractivity contribution in [2.24, 2.45) is 4.99 Å². The molecule has 202 valence electrons. The molecule has 0 radical (unpaired) electrons. The summed E-state index contributed by atoms with van der Waals surface area (Å²) in [6, 6.07) is 3.50. The lowest BCUT2D eigenvalue weighted by atomic mass is 10.0. The van der Waals surface area contributed by atoms with Crippen LogP contribution in [0.5, 0.6) is 0 Å². The molecule has 3 heterocycles. The molecular formula is C26H33ClN8O3. The van der Waals surface area contributed by atoms with Crippen molar-refractivity contribution in [2.75, 3.05) is 43.1 Å². The molecule has 0 bridgehead atoms. The van der Waals surface area contributed by atoms with Crippen molar-refractivity contribution in [2.45, 2.75) is 45.8 Å². The minimum absolute atomic E-state index is 0.0296. The molecule has 0 saturated carbocycles. The summed E-state index contributed by atoms with van der Waals surface area (Å²) in [5, 5.41) is 2.95. The third-order valence-electron chi connectivity index (χ3n) is 6.26. The number of likely N-dealkylation sites (N-methyl/N-ethyl adjacent to an activating group) is 1. The van der Waals surface area contributed by atoms with Gasteiger partial charge in [-0.05, 0) is 46.2 Å². The summed E-state index contributed by atoms with van der Waals surface area (Å²) < 4.78 is 7.23. The number of rotatable bonds is 5. The molecule has 4 rings (SSSR count). The molecule has 2 aromatic heterocycles. The first-order valence-electron chi connectivity index (χ1n) is 12.3. The third-order valence-corrected chi connectivity index (χ3v) is 6.51. The van der Waals surface area contributed by atoms with Gasteiger partial charge in [0.2, 0.25) is 0 Å². The second-order valence-electron chi connectivity index (χ2n) is 10.3. The van der Waals surface area contributed by atoms with E-state index in [1.54, 1.807) is 48.1 Å². The van der Waals surface area contributed by atoms with Crippen LogP contribution in [0.25, 0.3) is 5.65 Å². The van der Waals surface area contributed by atoms with Crippen LogP contribution in [0.2, 0.25) is 5.15 Å².